The Kier molecular flexibility index (Phi) is 6.36. The van der Waals surface area contributed by atoms with Crippen LogP contribution in [0.25, 0.3) is 11.2 Å². The highest BCUT2D eigenvalue weighted by Gasteiger charge is 2.30. The first kappa shape index (κ1) is 20.2. The number of hydrogen-bond donors (Lipinski definition) is 2. The first-order chi connectivity index (χ1) is 14.1. The third-order valence-electron chi connectivity index (χ3n) is 4.91. The molecule has 0 aliphatic carbocycles. The maximum Gasteiger partial charge on any atom is 0.167 e. The van der Waals surface area contributed by atoms with Gasteiger partial charge in [-0.25, -0.2) is 15.0 Å². The number of aromatic nitrogens is 4. The Hall–Kier alpha value is -2.11. The molecular formula is C19H27N7O2S. The van der Waals surface area contributed by atoms with Crippen molar-refractivity contribution in [2.45, 2.75) is 18.9 Å². The summed E-state index contributed by atoms with van der Waals surface area (Å²) >= 11 is 1.74. The predicted molar refractivity (Wildman–Crippen MR) is 113 cm³/mol. The van der Waals surface area contributed by atoms with E-state index in [4.69, 9.17) is 4.74 Å². The standard InChI is InChI=1S/C19H27N7O2S/c1-24(2)6-5-20-18-17-19(22-12-21-18)26(13-23-17)16-10-25(8-14(11-27)28-16)9-15-4-3-7-29-15/h3-4,7,12-14,16,27H,5-6,8-11H2,1-2H3,(H,20,21,22)/t14-,16+/m0/s1. The molecule has 2 N–H and O–H groups in total. The zero-order valence-electron chi connectivity index (χ0n) is 16.7. The second-order valence-electron chi connectivity index (χ2n) is 7.45. The molecule has 2 atom stereocenters. The zero-order chi connectivity index (χ0) is 20.2. The van der Waals surface area contributed by atoms with Gasteiger partial charge in [0.1, 0.15) is 12.6 Å². The Morgan fingerprint density at radius 2 is 2.21 bits per heavy atom. The SMILES string of the molecule is CN(C)CCNc1ncnc2c1ncn2[C@H]1CN(Cc2cccs2)C[C@@H](CO)O1. The smallest absolute Gasteiger partial charge is 0.167 e. The Bertz CT molecular complexity index is 915. The molecule has 0 spiro atoms. The number of fused-ring (bicyclic) bond motifs is 1. The van der Waals surface area contributed by atoms with E-state index in [9.17, 15) is 5.11 Å². The fourth-order valence-corrected chi connectivity index (χ4v) is 4.23. The van der Waals surface area contributed by atoms with Crippen LogP contribution >= 0.6 is 11.3 Å². The average molecular weight is 418 g/mol. The summed E-state index contributed by atoms with van der Waals surface area (Å²) in [6.07, 6.45) is 2.79. The van der Waals surface area contributed by atoms with Crippen LogP contribution in [0.5, 0.6) is 0 Å². The summed E-state index contributed by atoms with van der Waals surface area (Å²) in [6, 6.07) is 4.20. The normalized spacial score (nSPS) is 20.6. The van der Waals surface area contributed by atoms with Crippen LogP contribution in [0.3, 0.4) is 0 Å². The molecule has 156 valence electrons. The van der Waals surface area contributed by atoms with Gasteiger partial charge in [0.2, 0.25) is 0 Å². The molecule has 0 unspecified atom stereocenters. The highest BCUT2D eigenvalue weighted by Crippen LogP contribution is 2.27. The fraction of sp³-hybridized carbons (Fsp3) is 0.526. The van der Waals surface area contributed by atoms with Crippen molar-refractivity contribution in [3.63, 3.8) is 0 Å². The van der Waals surface area contributed by atoms with E-state index in [2.05, 4.69) is 47.6 Å². The highest BCUT2D eigenvalue weighted by atomic mass is 32.1. The molecule has 10 heteroatoms. The Labute approximate surface area is 174 Å². The van der Waals surface area contributed by atoms with Gasteiger partial charge in [-0.2, -0.15) is 0 Å². The van der Waals surface area contributed by atoms with E-state index in [-0.39, 0.29) is 18.9 Å². The number of aliphatic hydroxyl groups excluding tert-OH is 1. The molecular weight excluding hydrogens is 390 g/mol. The van der Waals surface area contributed by atoms with Crippen molar-refractivity contribution in [1.29, 1.82) is 0 Å². The predicted octanol–water partition coefficient (Wildman–Crippen LogP) is 1.25. The van der Waals surface area contributed by atoms with E-state index < -0.39 is 0 Å². The minimum absolute atomic E-state index is 0.0175. The van der Waals surface area contributed by atoms with Gasteiger partial charge in [-0.3, -0.25) is 9.47 Å². The summed E-state index contributed by atoms with van der Waals surface area (Å²) < 4.78 is 8.08. The molecule has 29 heavy (non-hydrogen) atoms. The van der Waals surface area contributed by atoms with Gasteiger partial charge in [0.15, 0.2) is 17.0 Å². The maximum atomic E-state index is 9.74. The number of nitrogens with zero attached hydrogens (tertiary/aromatic N) is 6. The monoisotopic (exact) mass is 417 g/mol. The van der Waals surface area contributed by atoms with E-state index in [1.807, 2.05) is 18.7 Å². The number of likely N-dealkylation sites (N-methyl/N-ethyl adjacent to an activating group) is 1. The number of ether oxygens (including phenoxy) is 1. The Morgan fingerprint density at radius 3 is 2.97 bits per heavy atom. The van der Waals surface area contributed by atoms with Crippen molar-refractivity contribution in [3.8, 4) is 0 Å². The molecule has 9 nitrogen and oxygen atoms in total. The number of imidazole rings is 1. The molecule has 4 heterocycles. The number of anilines is 1. The maximum absolute atomic E-state index is 9.74. The van der Waals surface area contributed by atoms with Crippen LogP contribution < -0.4 is 5.32 Å². The largest absolute Gasteiger partial charge is 0.394 e. The number of morpholine rings is 1. The molecule has 1 saturated heterocycles. The average Bonchev–Trinajstić information content (AvgIpc) is 3.37. The Morgan fingerprint density at radius 1 is 1.31 bits per heavy atom. The van der Waals surface area contributed by atoms with E-state index in [1.54, 1.807) is 24.0 Å². The quantitative estimate of drug-likeness (QED) is 0.566. The lowest BCUT2D eigenvalue weighted by Gasteiger charge is -2.37. The van der Waals surface area contributed by atoms with E-state index in [0.29, 0.717) is 13.1 Å². The fourth-order valence-electron chi connectivity index (χ4n) is 3.49. The van der Waals surface area contributed by atoms with Crippen LogP contribution in [-0.2, 0) is 11.3 Å². The van der Waals surface area contributed by atoms with Crippen molar-refractivity contribution in [2.24, 2.45) is 0 Å². The lowest BCUT2D eigenvalue weighted by atomic mass is 10.2. The number of nitrogens with one attached hydrogen (secondary N) is 1. The lowest BCUT2D eigenvalue weighted by Crippen LogP contribution is -2.46. The van der Waals surface area contributed by atoms with Crippen molar-refractivity contribution in [2.75, 3.05) is 52.2 Å². The topological polar surface area (TPSA) is 91.6 Å². The van der Waals surface area contributed by atoms with Crippen molar-refractivity contribution in [3.05, 3.63) is 35.0 Å². The van der Waals surface area contributed by atoms with E-state index >= 15 is 0 Å². The molecule has 0 aromatic carbocycles. The van der Waals surface area contributed by atoms with Gasteiger partial charge in [-0.05, 0) is 25.5 Å². The number of rotatable bonds is 8. The van der Waals surface area contributed by atoms with Gasteiger partial charge in [0, 0.05) is 37.6 Å². The summed E-state index contributed by atoms with van der Waals surface area (Å²) in [5.74, 6) is 0.723. The minimum atomic E-state index is -0.268. The number of aliphatic hydroxyl groups is 1. The van der Waals surface area contributed by atoms with Crippen LogP contribution in [0.15, 0.2) is 30.2 Å². The van der Waals surface area contributed by atoms with Gasteiger partial charge >= 0.3 is 0 Å². The van der Waals surface area contributed by atoms with Crippen molar-refractivity contribution >= 4 is 28.3 Å². The second-order valence-corrected chi connectivity index (χ2v) is 8.48. The first-order valence-corrected chi connectivity index (χ1v) is 10.6. The van der Waals surface area contributed by atoms with Gasteiger partial charge in [-0.1, -0.05) is 6.07 Å². The number of thiophene rings is 1. The molecule has 1 aliphatic rings. The minimum Gasteiger partial charge on any atom is -0.394 e. The van der Waals surface area contributed by atoms with E-state index in [1.165, 1.54) is 4.88 Å². The van der Waals surface area contributed by atoms with Gasteiger partial charge in [0.05, 0.1) is 19.0 Å². The molecule has 1 aliphatic heterocycles. The van der Waals surface area contributed by atoms with Crippen LogP contribution in [0.2, 0.25) is 0 Å². The van der Waals surface area contributed by atoms with Gasteiger partial charge in [-0.15, -0.1) is 11.3 Å². The summed E-state index contributed by atoms with van der Waals surface area (Å²) in [4.78, 5) is 19.1. The molecule has 1 fully saturated rings. The van der Waals surface area contributed by atoms with Crippen LogP contribution in [0.4, 0.5) is 5.82 Å². The third kappa shape index (κ3) is 4.73. The molecule has 0 bridgehead atoms. The highest BCUT2D eigenvalue weighted by molar-refractivity contribution is 7.09. The molecule has 0 radical (unpaired) electrons. The van der Waals surface area contributed by atoms with Crippen molar-refractivity contribution in [1.82, 2.24) is 29.3 Å². The van der Waals surface area contributed by atoms with Gasteiger partial charge in [0.25, 0.3) is 0 Å². The molecule has 4 rings (SSSR count). The molecule has 3 aromatic heterocycles. The summed E-state index contributed by atoms with van der Waals surface area (Å²) in [7, 11) is 4.07. The van der Waals surface area contributed by atoms with Crippen LogP contribution in [0, 0.1) is 0 Å². The van der Waals surface area contributed by atoms with E-state index in [0.717, 1.165) is 36.6 Å². The third-order valence-corrected chi connectivity index (χ3v) is 5.77. The summed E-state index contributed by atoms with van der Waals surface area (Å²) in [6.45, 7) is 3.89. The van der Waals surface area contributed by atoms with Crippen molar-refractivity contribution < 1.29 is 9.84 Å². The second kappa shape index (κ2) is 9.14. The molecule has 3 aromatic rings. The Balaban J connectivity index is 1.54. The van der Waals surface area contributed by atoms with Crippen LogP contribution in [0.1, 0.15) is 11.1 Å². The number of hydrogen-bond acceptors (Lipinski definition) is 9. The first-order valence-electron chi connectivity index (χ1n) is 9.71. The summed E-state index contributed by atoms with van der Waals surface area (Å²) in [5, 5.41) is 15.2. The van der Waals surface area contributed by atoms with Gasteiger partial charge < -0.3 is 20.1 Å². The molecule has 0 saturated carbocycles. The van der Waals surface area contributed by atoms with Crippen LogP contribution in [-0.4, -0.2) is 87.4 Å². The lowest BCUT2D eigenvalue weighted by molar-refractivity contribution is -0.135. The zero-order valence-corrected chi connectivity index (χ0v) is 17.5. The summed E-state index contributed by atoms with van der Waals surface area (Å²) in [5.41, 5.74) is 1.46. The molecule has 0 amide bonds.